The van der Waals surface area contributed by atoms with Gasteiger partial charge in [-0.1, -0.05) is 0 Å². The fourth-order valence-electron chi connectivity index (χ4n) is 3.90. The van der Waals surface area contributed by atoms with E-state index in [1.807, 2.05) is 20.8 Å². The molecule has 2 aliphatic heterocycles. The third-order valence-corrected chi connectivity index (χ3v) is 7.14. The van der Waals surface area contributed by atoms with Gasteiger partial charge < -0.3 is 19.2 Å². The summed E-state index contributed by atoms with van der Waals surface area (Å²) < 4.78 is 40.6. The van der Waals surface area contributed by atoms with Gasteiger partial charge in [-0.25, -0.2) is 13.2 Å². The van der Waals surface area contributed by atoms with E-state index in [4.69, 9.17) is 13.9 Å². The lowest BCUT2D eigenvalue weighted by molar-refractivity contribution is -0.123. The molecule has 0 saturated heterocycles. The van der Waals surface area contributed by atoms with E-state index in [0.717, 1.165) is 23.0 Å². The van der Waals surface area contributed by atoms with E-state index < -0.39 is 27.4 Å². The summed E-state index contributed by atoms with van der Waals surface area (Å²) in [6, 6.07) is 1.16. The number of nitrogens with one attached hydrogen (secondary N) is 1. The molecule has 0 saturated carbocycles. The largest absolute Gasteiger partial charge is 0.487 e. The van der Waals surface area contributed by atoms with Gasteiger partial charge in [-0.2, -0.15) is 0 Å². The van der Waals surface area contributed by atoms with Gasteiger partial charge in [0.05, 0.1) is 17.2 Å². The second kappa shape index (κ2) is 7.40. The van der Waals surface area contributed by atoms with Crippen LogP contribution >= 0.6 is 0 Å². The summed E-state index contributed by atoms with van der Waals surface area (Å²) in [4.78, 5) is 24.7. The molecule has 9 heteroatoms. The fraction of sp³-hybridized carbons (Fsp3) is 0.455. The third kappa shape index (κ3) is 4.19. The molecule has 3 heterocycles. The average Bonchev–Trinajstić information content (AvgIpc) is 3.01. The Hall–Kier alpha value is -2.81. The SMILES string of the molecule is Cc1c(C)c2c(OCC(=O)N[C@@H]3C=CS(=O)(=O)C3)cc3c(c2oc1=O)CCC(C)(C)O3. The van der Waals surface area contributed by atoms with Crippen LogP contribution in [0.4, 0.5) is 0 Å². The van der Waals surface area contributed by atoms with Crippen LogP contribution in [0.1, 0.15) is 37.0 Å². The monoisotopic (exact) mass is 447 g/mol. The molecule has 0 aliphatic carbocycles. The van der Waals surface area contributed by atoms with Crippen molar-refractivity contribution in [3.8, 4) is 11.5 Å². The van der Waals surface area contributed by atoms with Gasteiger partial charge in [0.15, 0.2) is 16.4 Å². The van der Waals surface area contributed by atoms with E-state index >= 15 is 0 Å². The van der Waals surface area contributed by atoms with Crippen molar-refractivity contribution in [1.82, 2.24) is 5.32 Å². The Labute approximate surface area is 180 Å². The first-order valence-electron chi connectivity index (χ1n) is 10.1. The van der Waals surface area contributed by atoms with Gasteiger partial charge >= 0.3 is 5.63 Å². The molecule has 2 aromatic rings. The normalized spacial score (nSPS) is 20.8. The molecule has 1 amide bonds. The van der Waals surface area contributed by atoms with Crippen molar-refractivity contribution >= 4 is 26.7 Å². The summed E-state index contributed by atoms with van der Waals surface area (Å²) in [5.41, 5.74) is 1.63. The van der Waals surface area contributed by atoms with E-state index in [0.29, 0.717) is 34.5 Å². The summed E-state index contributed by atoms with van der Waals surface area (Å²) in [6.45, 7) is 7.14. The summed E-state index contributed by atoms with van der Waals surface area (Å²) >= 11 is 0. The zero-order chi connectivity index (χ0) is 22.6. The highest BCUT2D eigenvalue weighted by molar-refractivity contribution is 7.94. The Morgan fingerprint density at radius 1 is 1.29 bits per heavy atom. The number of fused-ring (bicyclic) bond motifs is 3. The maximum atomic E-state index is 12.3. The Balaban J connectivity index is 1.67. The minimum atomic E-state index is -3.27. The molecule has 0 fully saturated rings. The van der Waals surface area contributed by atoms with Crippen molar-refractivity contribution in [2.45, 2.75) is 52.2 Å². The predicted octanol–water partition coefficient (Wildman–Crippen LogP) is 2.32. The Morgan fingerprint density at radius 2 is 2.03 bits per heavy atom. The highest BCUT2D eigenvalue weighted by Gasteiger charge is 2.31. The zero-order valence-corrected chi connectivity index (χ0v) is 18.7. The van der Waals surface area contributed by atoms with Gasteiger partial charge in [-0.05, 0) is 52.2 Å². The third-order valence-electron chi connectivity index (χ3n) is 5.74. The maximum Gasteiger partial charge on any atom is 0.339 e. The molecular formula is C22H25NO7S. The summed E-state index contributed by atoms with van der Waals surface area (Å²) in [5, 5.41) is 4.36. The van der Waals surface area contributed by atoms with Crippen LogP contribution < -0.4 is 20.4 Å². The van der Waals surface area contributed by atoms with Crippen LogP contribution in [0.15, 0.2) is 26.8 Å². The first-order valence-corrected chi connectivity index (χ1v) is 11.8. The lowest BCUT2D eigenvalue weighted by atomic mass is 9.92. The Kier molecular flexibility index (Phi) is 5.12. The van der Waals surface area contributed by atoms with E-state index in [-0.39, 0.29) is 18.0 Å². The minimum absolute atomic E-state index is 0.160. The molecule has 8 nitrogen and oxygen atoms in total. The van der Waals surface area contributed by atoms with Gasteiger partial charge in [-0.3, -0.25) is 4.79 Å². The van der Waals surface area contributed by atoms with Crippen molar-refractivity contribution in [1.29, 1.82) is 0 Å². The Bertz CT molecular complexity index is 1270. The number of ether oxygens (including phenoxy) is 2. The van der Waals surface area contributed by atoms with Gasteiger partial charge in [0.1, 0.15) is 22.7 Å². The van der Waals surface area contributed by atoms with E-state index in [1.165, 1.54) is 6.08 Å². The molecule has 1 atom stereocenters. The number of benzene rings is 1. The first-order chi connectivity index (χ1) is 14.5. The van der Waals surface area contributed by atoms with Gasteiger partial charge in [0, 0.05) is 22.6 Å². The number of rotatable bonds is 4. The second-order valence-corrected chi connectivity index (χ2v) is 10.6. The van der Waals surface area contributed by atoms with Crippen molar-refractivity contribution in [2.75, 3.05) is 12.4 Å². The molecule has 2 aliphatic rings. The molecule has 1 aromatic heterocycles. The van der Waals surface area contributed by atoms with Crippen molar-refractivity contribution in [3.63, 3.8) is 0 Å². The standard InChI is InChI=1S/C22H25NO7S/c1-12-13(2)21(25)29-20-15-5-7-22(3,4)30-16(15)9-17(19(12)20)28-10-18(24)23-14-6-8-31(26,27)11-14/h6,8-9,14H,5,7,10-11H2,1-4H3,(H,23,24)/t14-/m1/s1. The van der Waals surface area contributed by atoms with Crippen LogP contribution in [-0.4, -0.2) is 38.3 Å². The summed E-state index contributed by atoms with van der Waals surface area (Å²) in [5.74, 6) is 0.328. The average molecular weight is 448 g/mol. The molecule has 1 aromatic carbocycles. The van der Waals surface area contributed by atoms with E-state index in [2.05, 4.69) is 5.32 Å². The number of carbonyl (C=O) groups is 1. The smallest absolute Gasteiger partial charge is 0.339 e. The van der Waals surface area contributed by atoms with Crippen LogP contribution in [0.25, 0.3) is 11.0 Å². The lowest BCUT2D eigenvalue weighted by Gasteiger charge is -2.33. The molecule has 0 radical (unpaired) electrons. The van der Waals surface area contributed by atoms with Crippen LogP contribution in [0.5, 0.6) is 11.5 Å². The number of carbonyl (C=O) groups excluding carboxylic acids is 1. The molecule has 1 N–H and O–H groups in total. The first kappa shape index (κ1) is 21.4. The van der Waals surface area contributed by atoms with E-state index in [1.54, 1.807) is 13.0 Å². The predicted molar refractivity (Wildman–Crippen MR) is 115 cm³/mol. The topological polar surface area (TPSA) is 112 Å². The molecule has 166 valence electrons. The highest BCUT2D eigenvalue weighted by Crippen LogP contribution is 2.43. The van der Waals surface area contributed by atoms with E-state index in [9.17, 15) is 18.0 Å². The molecule has 0 spiro atoms. The van der Waals surface area contributed by atoms with Crippen LogP contribution in [0.2, 0.25) is 0 Å². The summed E-state index contributed by atoms with van der Waals surface area (Å²) in [7, 11) is -3.27. The minimum Gasteiger partial charge on any atom is -0.487 e. The molecule has 31 heavy (non-hydrogen) atoms. The van der Waals surface area contributed by atoms with Gasteiger partial charge in [-0.15, -0.1) is 0 Å². The molecular weight excluding hydrogens is 422 g/mol. The number of hydrogen-bond donors (Lipinski definition) is 1. The van der Waals surface area contributed by atoms with Crippen molar-refractivity contribution in [2.24, 2.45) is 0 Å². The van der Waals surface area contributed by atoms with Gasteiger partial charge in [0.25, 0.3) is 5.91 Å². The number of amides is 1. The Morgan fingerprint density at radius 3 is 2.71 bits per heavy atom. The lowest BCUT2D eigenvalue weighted by Crippen LogP contribution is -2.38. The summed E-state index contributed by atoms with van der Waals surface area (Å²) in [6.07, 6.45) is 2.90. The van der Waals surface area contributed by atoms with Crippen molar-refractivity contribution < 1.29 is 27.1 Å². The highest BCUT2D eigenvalue weighted by atomic mass is 32.2. The maximum absolute atomic E-state index is 12.3. The van der Waals surface area contributed by atoms with Crippen LogP contribution in [0.3, 0.4) is 0 Å². The second-order valence-electron chi connectivity index (χ2n) is 8.68. The van der Waals surface area contributed by atoms with Crippen LogP contribution in [0, 0.1) is 13.8 Å². The quantitative estimate of drug-likeness (QED) is 0.716. The number of aryl methyl sites for hydroxylation is 2. The van der Waals surface area contributed by atoms with Crippen LogP contribution in [-0.2, 0) is 21.1 Å². The molecule has 0 unspecified atom stereocenters. The fourth-order valence-corrected chi connectivity index (χ4v) is 5.14. The molecule has 0 bridgehead atoms. The number of sulfone groups is 1. The molecule has 4 rings (SSSR count). The number of hydrogen-bond acceptors (Lipinski definition) is 7. The van der Waals surface area contributed by atoms with Gasteiger partial charge in [0.2, 0.25) is 0 Å². The van der Waals surface area contributed by atoms with Crippen molar-refractivity contribution in [3.05, 3.63) is 44.7 Å². The zero-order valence-electron chi connectivity index (χ0n) is 17.9.